The molecule has 1 aliphatic heterocycles. The maximum absolute atomic E-state index is 14.0. The Morgan fingerprint density at radius 2 is 1.94 bits per heavy atom. The van der Waals surface area contributed by atoms with E-state index < -0.39 is 6.43 Å². The van der Waals surface area contributed by atoms with Gasteiger partial charge in [0.05, 0.1) is 24.3 Å². The number of ether oxygens (including phenoxy) is 1. The van der Waals surface area contributed by atoms with Gasteiger partial charge in [0.25, 0.3) is 12.3 Å². The molecule has 1 amide bonds. The molecular weight excluding hydrogens is 428 g/mol. The average Bonchev–Trinajstić information content (AvgIpc) is 3.29. The number of hydrogen-bond acceptors (Lipinski definition) is 5. The second-order valence-electron chi connectivity index (χ2n) is 7.63. The number of anilines is 2. The van der Waals surface area contributed by atoms with Crippen molar-refractivity contribution < 1.29 is 18.3 Å². The van der Waals surface area contributed by atoms with Gasteiger partial charge < -0.3 is 19.9 Å². The number of aromatic amines is 1. The molecule has 5 rings (SSSR count). The molecule has 2 N–H and O–H groups in total. The number of nitrogens with one attached hydrogen (secondary N) is 2. The lowest BCUT2D eigenvalue weighted by Crippen LogP contribution is -2.36. The number of rotatable bonds is 5. The fourth-order valence-corrected chi connectivity index (χ4v) is 3.93. The molecule has 2 aromatic heterocycles. The summed E-state index contributed by atoms with van der Waals surface area (Å²) in [7, 11) is 0. The molecular formula is C24H21F2N5O2. The van der Waals surface area contributed by atoms with Crippen LogP contribution in [-0.2, 0) is 4.74 Å². The maximum Gasteiger partial charge on any atom is 0.264 e. The third kappa shape index (κ3) is 4.27. The number of alkyl halides is 2. The highest BCUT2D eigenvalue weighted by molar-refractivity contribution is 6.11. The molecule has 168 valence electrons. The van der Waals surface area contributed by atoms with Crippen LogP contribution in [0.5, 0.6) is 0 Å². The van der Waals surface area contributed by atoms with E-state index in [2.05, 4.69) is 20.3 Å². The minimum atomic E-state index is -2.68. The second kappa shape index (κ2) is 8.95. The van der Waals surface area contributed by atoms with E-state index in [-0.39, 0.29) is 17.3 Å². The van der Waals surface area contributed by atoms with E-state index in [1.807, 2.05) is 11.0 Å². The number of amides is 1. The number of fused-ring (bicyclic) bond motifs is 1. The van der Waals surface area contributed by atoms with Gasteiger partial charge in [-0.05, 0) is 42.5 Å². The SMILES string of the molecule is O=C(Nc1ccccn1)c1cccc2[nH]c(-c3ccc(N4CCOCC4)cc3C(F)F)nc12. The fraction of sp³-hybridized carbons (Fsp3) is 0.208. The first kappa shape index (κ1) is 21.0. The molecule has 4 aromatic rings. The Kier molecular flexibility index (Phi) is 5.70. The summed E-state index contributed by atoms with van der Waals surface area (Å²) < 4.78 is 33.4. The highest BCUT2D eigenvalue weighted by Gasteiger charge is 2.21. The van der Waals surface area contributed by atoms with Crippen LogP contribution in [0.2, 0.25) is 0 Å². The van der Waals surface area contributed by atoms with Crippen LogP contribution in [0, 0.1) is 0 Å². The quantitative estimate of drug-likeness (QED) is 0.463. The third-order valence-corrected chi connectivity index (χ3v) is 5.57. The summed E-state index contributed by atoms with van der Waals surface area (Å²) in [6.07, 6.45) is -1.10. The molecule has 1 saturated heterocycles. The number of carbonyl (C=O) groups excluding carboxylic acids is 1. The standard InChI is InChI=1S/C24H21F2N5O2/c25-22(26)18-14-15(31-10-12-33-13-11-31)7-8-16(18)23-28-19-5-3-4-17(21(19)30-23)24(32)29-20-6-1-2-9-27-20/h1-9,14,22H,10-13H2,(H,28,30)(H,27,29,32). The number of para-hydroxylation sites is 1. The number of aromatic nitrogens is 3. The molecule has 3 heterocycles. The largest absolute Gasteiger partial charge is 0.378 e. The van der Waals surface area contributed by atoms with Crippen LogP contribution >= 0.6 is 0 Å². The van der Waals surface area contributed by atoms with Crippen LogP contribution in [0.1, 0.15) is 22.3 Å². The minimum Gasteiger partial charge on any atom is -0.378 e. The summed E-state index contributed by atoms with van der Waals surface area (Å²) >= 11 is 0. The number of morpholine rings is 1. The van der Waals surface area contributed by atoms with E-state index in [9.17, 15) is 13.6 Å². The topological polar surface area (TPSA) is 83.1 Å². The normalized spacial score (nSPS) is 14.1. The molecule has 0 saturated carbocycles. The average molecular weight is 449 g/mol. The third-order valence-electron chi connectivity index (χ3n) is 5.57. The van der Waals surface area contributed by atoms with Crippen LogP contribution in [0.4, 0.5) is 20.3 Å². The smallest absolute Gasteiger partial charge is 0.264 e. The molecule has 0 unspecified atom stereocenters. The van der Waals surface area contributed by atoms with E-state index in [1.54, 1.807) is 48.7 Å². The van der Waals surface area contributed by atoms with Crippen molar-refractivity contribution in [3.8, 4) is 11.4 Å². The molecule has 0 radical (unpaired) electrons. The highest BCUT2D eigenvalue weighted by Crippen LogP contribution is 2.34. The number of nitrogens with zero attached hydrogens (tertiary/aromatic N) is 3. The summed E-state index contributed by atoms with van der Waals surface area (Å²) in [6, 6.07) is 15.3. The van der Waals surface area contributed by atoms with E-state index in [0.29, 0.717) is 54.3 Å². The number of H-pyrrole nitrogens is 1. The zero-order valence-electron chi connectivity index (χ0n) is 17.6. The van der Waals surface area contributed by atoms with Gasteiger partial charge in [0.15, 0.2) is 0 Å². The van der Waals surface area contributed by atoms with Crippen molar-refractivity contribution in [2.45, 2.75) is 6.43 Å². The van der Waals surface area contributed by atoms with Gasteiger partial charge in [-0.3, -0.25) is 4.79 Å². The number of hydrogen-bond donors (Lipinski definition) is 2. The molecule has 7 nitrogen and oxygen atoms in total. The van der Waals surface area contributed by atoms with E-state index in [0.717, 1.165) is 5.69 Å². The van der Waals surface area contributed by atoms with Crippen LogP contribution in [0.25, 0.3) is 22.4 Å². The van der Waals surface area contributed by atoms with Crippen molar-refractivity contribution in [1.29, 1.82) is 0 Å². The number of benzene rings is 2. The summed E-state index contributed by atoms with van der Waals surface area (Å²) in [5, 5.41) is 2.73. The van der Waals surface area contributed by atoms with Gasteiger partial charge in [-0.2, -0.15) is 0 Å². The lowest BCUT2D eigenvalue weighted by atomic mass is 10.1. The maximum atomic E-state index is 14.0. The van der Waals surface area contributed by atoms with Crippen LogP contribution in [0.3, 0.4) is 0 Å². The molecule has 0 atom stereocenters. The monoisotopic (exact) mass is 449 g/mol. The molecule has 0 spiro atoms. The number of carbonyl (C=O) groups is 1. The molecule has 33 heavy (non-hydrogen) atoms. The Hall–Kier alpha value is -3.85. The lowest BCUT2D eigenvalue weighted by Gasteiger charge is -2.29. The van der Waals surface area contributed by atoms with Crippen molar-refractivity contribution in [2.75, 3.05) is 36.5 Å². The first-order valence-electron chi connectivity index (χ1n) is 10.6. The van der Waals surface area contributed by atoms with E-state index in [4.69, 9.17) is 4.74 Å². The molecule has 1 fully saturated rings. The van der Waals surface area contributed by atoms with Crippen molar-refractivity contribution >= 4 is 28.4 Å². The molecule has 2 aromatic carbocycles. The Bertz CT molecular complexity index is 1290. The number of imidazole rings is 1. The van der Waals surface area contributed by atoms with Crippen molar-refractivity contribution in [3.63, 3.8) is 0 Å². The fourth-order valence-electron chi connectivity index (χ4n) is 3.93. The Labute approximate surface area is 188 Å². The van der Waals surface area contributed by atoms with Crippen molar-refractivity contribution in [3.05, 3.63) is 71.9 Å². The van der Waals surface area contributed by atoms with Gasteiger partial charge in [0.1, 0.15) is 17.2 Å². The zero-order chi connectivity index (χ0) is 22.8. The highest BCUT2D eigenvalue weighted by atomic mass is 19.3. The molecule has 9 heteroatoms. The van der Waals surface area contributed by atoms with Gasteiger partial charge in [-0.15, -0.1) is 0 Å². The zero-order valence-corrected chi connectivity index (χ0v) is 17.6. The van der Waals surface area contributed by atoms with E-state index in [1.165, 1.54) is 6.07 Å². The molecule has 1 aliphatic rings. The number of halogens is 2. The first-order chi connectivity index (χ1) is 16.1. The van der Waals surface area contributed by atoms with Gasteiger partial charge in [-0.1, -0.05) is 12.1 Å². The molecule has 0 aliphatic carbocycles. The van der Waals surface area contributed by atoms with Gasteiger partial charge in [0, 0.05) is 36.1 Å². The van der Waals surface area contributed by atoms with Crippen molar-refractivity contribution in [2.24, 2.45) is 0 Å². The van der Waals surface area contributed by atoms with E-state index >= 15 is 0 Å². The van der Waals surface area contributed by atoms with Crippen LogP contribution < -0.4 is 10.2 Å². The second-order valence-corrected chi connectivity index (χ2v) is 7.63. The van der Waals surface area contributed by atoms with Crippen molar-refractivity contribution in [1.82, 2.24) is 15.0 Å². The summed E-state index contributed by atoms with van der Waals surface area (Å²) in [4.78, 5) is 26.6. The van der Waals surface area contributed by atoms with Gasteiger partial charge in [0.2, 0.25) is 0 Å². The Morgan fingerprint density at radius 1 is 1.09 bits per heavy atom. The Morgan fingerprint density at radius 3 is 2.70 bits per heavy atom. The minimum absolute atomic E-state index is 0.113. The number of pyridine rings is 1. The summed E-state index contributed by atoms with van der Waals surface area (Å²) in [5.41, 5.74) is 2.22. The van der Waals surface area contributed by atoms with Gasteiger partial charge >= 0.3 is 0 Å². The summed E-state index contributed by atoms with van der Waals surface area (Å²) in [6.45, 7) is 2.44. The lowest BCUT2D eigenvalue weighted by molar-refractivity contribution is 0.102. The predicted molar refractivity (Wildman–Crippen MR) is 122 cm³/mol. The van der Waals surface area contributed by atoms with Gasteiger partial charge in [-0.25, -0.2) is 18.7 Å². The molecule has 0 bridgehead atoms. The predicted octanol–water partition coefficient (Wildman–Crippen LogP) is 4.65. The summed E-state index contributed by atoms with van der Waals surface area (Å²) in [5.74, 6) is 0.315. The van der Waals surface area contributed by atoms with Crippen LogP contribution in [-0.4, -0.2) is 47.2 Å². The Balaban J connectivity index is 1.51. The first-order valence-corrected chi connectivity index (χ1v) is 10.6. The van der Waals surface area contributed by atoms with Crippen LogP contribution in [0.15, 0.2) is 60.8 Å².